The second-order valence-corrected chi connectivity index (χ2v) is 7.45. The first-order chi connectivity index (χ1) is 10.2. The average Bonchev–Trinajstić information content (AvgIpc) is 3.44. The van der Waals surface area contributed by atoms with Crippen LogP contribution in [0.25, 0.3) is 0 Å². The smallest absolute Gasteiger partial charge is 0.226 e. The van der Waals surface area contributed by atoms with Crippen molar-refractivity contribution in [1.82, 2.24) is 4.90 Å². The summed E-state index contributed by atoms with van der Waals surface area (Å²) in [6, 6.07) is 10.9. The highest BCUT2D eigenvalue weighted by molar-refractivity contribution is 5.80. The molecule has 0 bridgehead atoms. The molecule has 3 unspecified atom stereocenters. The minimum absolute atomic E-state index is 0.318. The quantitative estimate of drug-likeness (QED) is 0.803. The molecular weight excluding hydrogens is 258 g/mol. The highest BCUT2D eigenvalue weighted by Crippen LogP contribution is 2.55. The van der Waals surface area contributed by atoms with E-state index in [2.05, 4.69) is 36.1 Å². The molecule has 2 nitrogen and oxygen atoms in total. The van der Waals surface area contributed by atoms with Gasteiger partial charge in [-0.05, 0) is 62.3 Å². The standard InChI is InChI=1S/C19H25NO/c1-13(15-7-8-15)20(12-14-5-3-2-4-6-14)19(21)18-10-16-9-17(16)11-18/h2-6,13,15-18H,7-12H2,1H3. The van der Waals surface area contributed by atoms with Crippen molar-refractivity contribution in [2.75, 3.05) is 0 Å². The molecule has 0 saturated heterocycles. The Morgan fingerprint density at radius 1 is 1.14 bits per heavy atom. The number of hydrogen-bond donors (Lipinski definition) is 0. The lowest BCUT2D eigenvalue weighted by Crippen LogP contribution is -2.42. The highest BCUT2D eigenvalue weighted by Gasteiger charge is 2.49. The summed E-state index contributed by atoms with van der Waals surface area (Å²) >= 11 is 0. The fourth-order valence-corrected chi connectivity index (χ4v) is 4.19. The minimum Gasteiger partial charge on any atom is -0.335 e. The summed E-state index contributed by atoms with van der Waals surface area (Å²) in [7, 11) is 0. The zero-order chi connectivity index (χ0) is 14.4. The van der Waals surface area contributed by atoms with Gasteiger partial charge in [0.15, 0.2) is 0 Å². The third-order valence-electron chi connectivity index (χ3n) is 5.87. The van der Waals surface area contributed by atoms with Gasteiger partial charge in [0.25, 0.3) is 0 Å². The molecule has 3 fully saturated rings. The van der Waals surface area contributed by atoms with Gasteiger partial charge in [0.2, 0.25) is 5.91 Å². The molecule has 1 aromatic carbocycles. The third kappa shape index (κ3) is 2.73. The molecule has 3 aliphatic carbocycles. The number of carbonyl (C=O) groups excluding carboxylic acids is 1. The van der Waals surface area contributed by atoms with E-state index < -0.39 is 0 Å². The van der Waals surface area contributed by atoms with E-state index >= 15 is 0 Å². The molecule has 4 rings (SSSR count). The first kappa shape index (κ1) is 13.4. The molecule has 0 N–H and O–H groups in total. The molecule has 0 aromatic heterocycles. The predicted molar refractivity (Wildman–Crippen MR) is 83.5 cm³/mol. The summed E-state index contributed by atoms with van der Waals surface area (Å²) in [6.45, 7) is 3.05. The van der Waals surface area contributed by atoms with Crippen LogP contribution in [0.5, 0.6) is 0 Å². The van der Waals surface area contributed by atoms with E-state index in [1.807, 2.05) is 6.07 Å². The first-order valence-electron chi connectivity index (χ1n) is 8.57. The van der Waals surface area contributed by atoms with Gasteiger partial charge in [-0.15, -0.1) is 0 Å². The van der Waals surface area contributed by atoms with Gasteiger partial charge < -0.3 is 4.90 Å². The Labute approximate surface area is 127 Å². The van der Waals surface area contributed by atoms with Gasteiger partial charge in [0, 0.05) is 18.5 Å². The van der Waals surface area contributed by atoms with Crippen LogP contribution < -0.4 is 0 Å². The van der Waals surface area contributed by atoms with E-state index in [0.717, 1.165) is 37.1 Å². The molecule has 3 saturated carbocycles. The van der Waals surface area contributed by atoms with Crippen LogP contribution in [0.1, 0.15) is 44.6 Å². The number of rotatable bonds is 5. The SMILES string of the molecule is CC(C1CC1)N(Cc1ccccc1)C(=O)C1CC2CC2C1. The van der Waals surface area contributed by atoms with Crippen LogP contribution in [-0.4, -0.2) is 16.8 Å². The first-order valence-corrected chi connectivity index (χ1v) is 8.57. The molecule has 2 heteroatoms. The second-order valence-electron chi connectivity index (χ2n) is 7.45. The van der Waals surface area contributed by atoms with E-state index in [9.17, 15) is 4.79 Å². The Hall–Kier alpha value is -1.31. The molecule has 1 amide bonds. The molecule has 21 heavy (non-hydrogen) atoms. The molecular formula is C19H25NO. The Bertz CT molecular complexity index is 512. The number of benzene rings is 1. The van der Waals surface area contributed by atoms with Crippen molar-refractivity contribution in [1.29, 1.82) is 0 Å². The van der Waals surface area contributed by atoms with E-state index in [-0.39, 0.29) is 0 Å². The summed E-state index contributed by atoms with van der Waals surface area (Å²) in [5, 5.41) is 0. The van der Waals surface area contributed by atoms with Crippen LogP contribution in [-0.2, 0) is 11.3 Å². The molecule has 3 aliphatic rings. The lowest BCUT2D eigenvalue weighted by atomic mass is 9.99. The summed E-state index contributed by atoms with van der Waals surface area (Å²) in [6.07, 6.45) is 6.31. The van der Waals surface area contributed by atoms with Crippen molar-refractivity contribution in [3.8, 4) is 0 Å². The molecule has 0 heterocycles. The van der Waals surface area contributed by atoms with Crippen molar-refractivity contribution >= 4 is 5.91 Å². The van der Waals surface area contributed by atoms with Crippen LogP contribution >= 0.6 is 0 Å². The van der Waals surface area contributed by atoms with Gasteiger partial charge in [0.1, 0.15) is 0 Å². The van der Waals surface area contributed by atoms with Crippen LogP contribution in [0.15, 0.2) is 30.3 Å². The monoisotopic (exact) mass is 283 g/mol. The van der Waals surface area contributed by atoms with Crippen LogP contribution in [0, 0.1) is 23.7 Å². The van der Waals surface area contributed by atoms with E-state index in [4.69, 9.17) is 0 Å². The summed E-state index contributed by atoms with van der Waals surface area (Å²) in [5.74, 6) is 3.26. The summed E-state index contributed by atoms with van der Waals surface area (Å²) in [5.41, 5.74) is 1.27. The summed E-state index contributed by atoms with van der Waals surface area (Å²) < 4.78 is 0. The lowest BCUT2D eigenvalue weighted by Gasteiger charge is -2.32. The Balaban J connectivity index is 1.49. The van der Waals surface area contributed by atoms with Crippen LogP contribution in [0.4, 0.5) is 0 Å². The number of fused-ring (bicyclic) bond motifs is 1. The number of carbonyl (C=O) groups is 1. The average molecular weight is 283 g/mol. The Kier molecular flexibility index (Phi) is 3.28. The molecule has 3 atom stereocenters. The van der Waals surface area contributed by atoms with Crippen molar-refractivity contribution in [3.63, 3.8) is 0 Å². The largest absolute Gasteiger partial charge is 0.335 e. The number of amides is 1. The maximum atomic E-state index is 13.0. The fraction of sp³-hybridized carbons (Fsp3) is 0.632. The molecule has 112 valence electrons. The Morgan fingerprint density at radius 3 is 2.43 bits per heavy atom. The van der Waals surface area contributed by atoms with Crippen LogP contribution in [0.3, 0.4) is 0 Å². The third-order valence-corrected chi connectivity index (χ3v) is 5.87. The van der Waals surface area contributed by atoms with Gasteiger partial charge in [-0.2, -0.15) is 0 Å². The van der Waals surface area contributed by atoms with E-state index in [1.165, 1.54) is 24.8 Å². The van der Waals surface area contributed by atoms with E-state index in [1.54, 1.807) is 0 Å². The Morgan fingerprint density at radius 2 is 1.81 bits per heavy atom. The van der Waals surface area contributed by atoms with Crippen molar-refractivity contribution in [2.24, 2.45) is 23.7 Å². The topological polar surface area (TPSA) is 20.3 Å². The van der Waals surface area contributed by atoms with Gasteiger partial charge in [-0.3, -0.25) is 4.79 Å². The molecule has 0 radical (unpaired) electrons. The maximum absolute atomic E-state index is 13.0. The lowest BCUT2D eigenvalue weighted by molar-refractivity contribution is -0.139. The van der Waals surface area contributed by atoms with Gasteiger partial charge in [-0.1, -0.05) is 30.3 Å². The molecule has 0 spiro atoms. The van der Waals surface area contributed by atoms with Crippen molar-refractivity contribution in [2.45, 2.75) is 51.6 Å². The maximum Gasteiger partial charge on any atom is 0.226 e. The number of hydrogen-bond acceptors (Lipinski definition) is 1. The zero-order valence-corrected chi connectivity index (χ0v) is 12.9. The van der Waals surface area contributed by atoms with Crippen molar-refractivity contribution in [3.05, 3.63) is 35.9 Å². The normalized spacial score (nSPS) is 31.6. The summed E-state index contributed by atoms with van der Waals surface area (Å²) in [4.78, 5) is 15.2. The zero-order valence-electron chi connectivity index (χ0n) is 12.9. The molecule has 1 aromatic rings. The van der Waals surface area contributed by atoms with E-state index in [0.29, 0.717) is 17.9 Å². The van der Waals surface area contributed by atoms with Gasteiger partial charge in [0.05, 0.1) is 0 Å². The fourth-order valence-electron chi connectivity index (χ4n) is 4.19. The van der Waals surface area contributed by atoms with Gasteiger partial charge >= 0.3 is 0 Å². The minimum atomic E-state index is 0.318. The van der Waals surface area contributed by atoms with Gasteiger partial charge in [-0.25, -0.2) is 0 Å². The predicted octanol–water partition coefficient (Wildman–Crippen LogP) is 3.86. The van der Waals surface area contributed by atoms with Crippen molar-refractivity contribution < 1.29 is 4.79 Å². The van der Waals surface area contributed by atoms with Crippen LogP contribution in [0.2, 0.25) is 0 Å². The number of nitrogens with zero attached hydrogens (tertiary/aromatic N) is 1. The second kappa shape index (κ2) is 5.15. The highest BCUT2D eigenvalue weighted by atomic mass is 16.2. The molecule has 0 aliphatic heterocycles.